The van der Waals surface area contributed by atoms with Crippen molar-refractivity contribution in [3.05, 3.63) is 70.6 Å². The minimum atomic E-state index is -0.632. The topological polar surface area (TPSA) is 68.2 Å². The number of ether oxygens (including phenoxy) is 1. The predicted molar refractivity (Wildman–Crippen MR) is 116 cm³/mol. The number of nitrogens with zero attached hydrogens (tertiary/aromatic N) is 4. The highest BCUT2D eigenvalue weighted by atomic mass is 79.9. The number of fused-ring (bicyclic) bond motifs is 3. The minimum Gasteiger partial charge on any atom is -0.472 e. The van der Waals surface area contributed by atoms with E-state index in [9.17, 15) is 13.6 Å². The van der Waals surface area contributed by atoms with Crippen LogP contribution >= 0.6 is 15.9 Å². The van der Waals surface area contributed by atoms with Crippen LogP contribution in [0.15, 0.2) is 53.4 Å². The molecule has 0 radical (unpaired) electrons. The van der Waals surface area contributed by atoms with Crippen molar-refractivity contribution in [2.24, 2.45) is 5.92 Å². The molecule has 6 rings (SSSR count). The molecule has 1 aliphatic carbocycles. The largest absolute Gasteiger partial charge is 0.472 e. The molecule has 164 valence electrons. The van der Waals surface area contributed by atoms with Gasteiger partial charge in [0.15, 0.2) is 11.6 Å². The molecule has 3 unspecified atom stereocenters. The Morgan fingerprint density at radius 1 is 1.06 bits per heavy atom. The number of amides is 1. The third kappa shape index (κ3) is 3.97. The van der Waals surface area contributed by atoms with E-state index in [0.717, 1.165) is 36.1 Å². The molecule has 2 aromatic heterocycles. The quantitative estimate of drug-likeness (QED) is 0.521. The normalized spacial score (nSPS) is 22.1. The zero-order valence-electron chi connectivity index (χ0n) is 16.9. The molecule has 3 aliphatic rings. The number of benzene rings is 1. The molecule has 32 heavy (non-hydrogen) atoms. The first-order valence-electron chi connectivity index (χ1n) is 10.3. The van der Waals surface area contributed by atoms with Gasteiger partial charge in [0.25, 0.3) is 5.91 Å². The van der Waals surface area contributed by atoms with Crippen molar-refractivity contribution in [2.45, 2.75) is 31.4 Å². The molecule has 3 atom stereocenters. The summed E-state index contributed by atoms with van der Waals surface area (Å²) in [4.78, 5) is 27.4. The maximum Gasteiger partial charge on any atom is 0.255 e. The highest BCUT2D eigenvalue weighted by Crippen LogP contribution is 2.39. The molecule has 2 aliphatic heterocycles. The highest BCUT2D eigenvalue weighted by Gasteiger charge is 2.45. The molecule has 2 bridgehead atoms. The molecule has 0 N–H and O–H groups in total. The van der Waals surface area contributed by atoms with Crippen LogP contribution in [0.1, 0.15) is 29.6 Å². The first-order chi connectivity index (χ1) is 15.5. The van der Waals surface area contributed by atoms with Gasteiger partial charge in [0.05, 0.1) is 29.6 Å². The molecule has 3 fully saturated rings. The summed E-state index contributed by atoms with van der Waals surface area (Å²) in [6.07, 6.45) is 6.04. The number of hydrogen-bond acceptors (Lipinski definition) is 5. The first-order valence-corrected chi connectivity index (χ1v) is 11.1. The third-order valence-electron chi connectivity index (χ3n) is 6.04. The average molecular weight is 501 g/mol. The summed E-state index contributed by atoms with van der Waals surface area (Å²) in [5.41, 5.74) is 0.135. The van der Waals surface area contributed by atoms with Gasteiger partial charge in [-0.05, 0) is 59.3 Å². The van der Waals surface area contributed by atoms with Crippen molar-refractivity contribution >= 4 is 21.8 Å². The van der Waals surface area contributed by atoms with Gasteiger partial charge in [-0.25, -0.2) is 23.7 Å². The summed E-state index contributed by atoms with van der Waals surface area (Å²) in [7, 11) is 0. The van der Waals surface area contributed by atoms with Crippen LogP contribution in [-0.4, -0.2) is 44.4 Å². The predicted octanol–water partition coefficient (Wildman–Crippen LogP) is 4.65. The van der Waals surface area contributed by atoms with Gasteiger partial charge in [-0.15, -0.1) is 0 Å². The van der Waals surface area contributed by atoms with Crippen molar-refractivity contribution < 1.29 is 18.3 Å². The number of pyridine rings is 1. The Kier molecular flexibility index (Phi) is 5.58. The van der Waals surface area contributed by atoms with Gasteiger partial charge in [0.2, 0.25) is 5.88 Å². The lowest BCUT2D eigenvalue weighted by Gasteiger charge is -2.49. The maximum atomic E-state index is 14.8. The minimum absolute atomic E-state index is 0.0222. The van der Waals surface area contributed by atoms with E-state index in [4.69, 9.17) is 4.74 Å². The third-order valence-corrected chi connectivity index (χ3v) is 6.51. The Labute approximate surface area is 191 Å². The van der Waals surface area contributed by atoms with Crippen molar-refractivity contribution in [3.8, 4) is 17.3 Å². The van der Waals surface area contributed by atoms with Crippen LogP contribution in [0, 0.1) is 17.6 Å². The standard InChI is InChI=1S/C23H19BrF2N4O2/c24-14-5-7-20(27-9-14)32-19-8-13-4-6-18(19)30(12-13)23(31)16-2-1-3-17(26)21(16)22-28-10-15(25)11-29-22/h1-3,5,7,9-11,13,18-19H,4,6,8,12H2. The van der Waals surface area contributed by atoms with Crippen LogP contribution in [0.25, 0.3) is 11.4 Å². The number of halogens is 3. The molecule has 2 saturated heterocycles. The summed E-state index contributed by atoms with van der Waals surface area (Å²) in [6, 6.07) is 7.78. The van der Waals surface area contributed by atoms with Crippen LogP contribution in [-0.2, 0) is 0 Å². The molecule has 9 heteroatoms. The van der Waals surface area contributed by atoms with Crippen LogP contribution in [0.3, 0.4) is 0 Å². The number of rotatable bonds is 4. The fraction of sp³-hybridized carbons (Fsp3) is 0.304. The summed E-state index contributed by atoms with van der Waals surface area (Å²) >= 11 is 3.36. The summed E-state index contributed by atoms with van der Waals surface area (Å²) in [5.74, 6) is -0.793. The van der Waals surface area contributed by atoms with Gasteiger partial charge in [-0.1, -0.05) is 6.07 Å². The lowest BCUT2D eigenvalue weighted by atomic mass is 9.77. The molecule has 1 amide bonds. The van der Waals surface area contributed by atoms with Crippen molar-refractivity contribution in [1.29, 1.82) is 0 Å². The van der Waals surface area contributed by atoms with E-state index >= 15 is 0 Å². The van der Waals surface area contributed by atoms with Gasteiger partial charge >= 0.3 is 0 Å². The number of carbonyl (C=O) groups is 1. The number of hydrogen-bond donors (Lipinski definition) is 0. The van der Waals surface area contributed by atoms with E-state index in [1.807, 2.05) is 6.07 Å². The second-order valence-corrected chi connectivity index (χ2v) is 8.98. The molecule has 4 heterocycles. The fourth-order valence-electron chi connectivity index (χ4n) is 4.60. The highest BCUT2D eigenvalue weighted by molar-refractivity contribution is 9.10. The van der Waals surface area contributed by atoms with Crippen molar-refractivity contribution in [2.75, 3.05) is 6.54 Å². The molecule has 6 nitrogen and oxygen atoms in total. The summed E-state index contributed by atoms with van der Waals surface area (Å²) in [6.45, 7) is 0.581. The molecule has 1 saturated carbocycles. The Hall–Kier alpha value is -2.94. The number of piperidine rings is 2. The van der Waals surface area contributed by atoms with Crippen LogP contribution in [0.4, 0.5) is 8.78 Å². The Balaban J connectivity index is 1.45. The summed E-state index contributed by atoms with van der Waals surface area (Å²) in [5, 5.41) is 0. The van der Waals surface area contributed by atoms with E-state index in [-0.39, 0.29) is 35.0 Å². The Morgan fingerprint density at radius 3 is 2.59 bits per heavy atom. The zero-order chi connectivity index (χ0) is 22.2. The van der Waals surface area contributed by atoms with Crippen molar-refractivity contribution in [3.63, 3.8) is 0 Å². The summed E-state index contributed by atoms with van der Waals surface area (Å²) < 4.78 is 35.1. The smallest absolute Gasteiger partial charge is 0.255 e. The van der Waals surface area contributed by atoms with E-state index in [0.29, 0.717) is 18.3 Å². The molecular formula is C23H19BrF2N4O2. The SMILES string of the molecule is O=C(c1cccc(F)c1-c1ncc(F)cn1)N1CC2CCC1C(Oc1ccc(Br)cn1)C2. The average Bonchev–Trinajstić information content (AvgIpc) is 2.81. The number of carbonyl (C=O) groups excluding carboxylic acids is 1. The second kappa shape index (κ2) is 8.54. The number of aromatic nitrogens is 3. The Morgan fingerprint density at radius 2 is 1.88 bits per heavy atom. The van der Waals surface area contributed by atoms with Gasteiger partial charge in [0, 0.05) is 23.3 Å². The van der Waals surface area contributed by atoms with Gasteiger partial charge in [-0.3, -0.25) is 4.79 Å². The second-order valence-electron chi connectivity index (χ2n) is 8.06. The molecule has 3 aromatic rings. The van der Waals surface area contributed by atoms with Gasteiger partial charge < -0.3 is 9.64 Å². The lowest BCUT2D eigenvalue weighted by molar-refractivity contribution is -0.0313. The van der Waals surface area contributed by atoms with Gasteiger partial charge in [0.1, 0.15) is 11.9 Å². The van der Waals surface area contributed by atoms with Crippen LogP contribution < -0.4 is 4.74 Å². The van der Waals surface area contributed by atoms with E-state index < -0.39 is 11.6 Å². The zero-order valence-corrected chi connectivity index (χ0v) is 18.5. The van der Waals surface area contributed by atoms with E-state index in [1.165, 1.54) is 12.1 Å². The van der Waals surface area contributed by atoms with Crippen molar-refractivity contribution in [1.82, 2.24) is 19.9 Å². The van der Waals surface area contributed by atoms with E-state index in [1.54, 1.807) is 23.2 Å². The monoisotopic (exact) mass is 500 g/mol. The van der Waals surface area contributed by atoms with Gasteiger partial charge in [-0.2, -0.15) is 0 Å². The van der Waals surface area contributed by atoms with Crippen LogP contribution in [0.5, 0.6) is 5.88 Å². The van der Waals surface area contributed by atoms with E-state index in [2.05, 4.69) is 30.9 Å². The van der Waals surface area contributed by atoms with Crippen LogP contribution in [0.2, 0.25) is 0 Å². The maximum absolute atomic E-state index is 14.8. The lowest BCUT2D eigenvalue weighted by Crippen LogP contribution is -2.59. The molecule has 1 aromatic carbocycles. The fourth-order valence-corrected chi connectivity index (χ4v) is 4.84. The Bertz CT molecular complexity index is 1140. The molecular weight excluding hydrogens is 482 g/mol. The first kappa shape index (κ1) is 20.9. The molecule has 0 spiro atoms.